The van der Waals surface area contributed by atoms with Gasteiger partial charge in [0.15, 0.2) is 0 Å². The quantitative estimate of drug-likeness (QED) is 0.527. The molecule has 0 atom stereocenters. The number of methoxy groups -OCH3 is 1. The Balaban J connectivity index is 1.72. The molecule has 8 nitrogen and oxygen atoms in total. The number of ether oxygens (including phenoxy) is 1. The second-order valence-electron chi connectivity index (χ2n) is 7.21. The number of nitrogens with zero attached hydrogens (tertiary/aromatic N) is 2. The molecule has 1 aromatic heterocycles. The average molecular weight is 486 g/mol. The highest BCUT2D eigenvalue weighted by Gasteiger charge is 2.22. The Hall–Kier alpha value is -3.62. The number of carbonyl (C=O) groups is 2. The van der Waals surface area contributed by atoms with Crippen LogP contribution in [-0.4, -0.2) is 33.6 Å². The monoisotopic (exact) mass is 485 g/mol. The molecule has 0 saturated heterocycles. The van der Waals surface area contributed by atoms with E-state index in [1.54, 1.807) is 17.7 Å². The number of nitrogens with one attached hydrogen (secondary N) is 1. The molecule has 0 unspecified atom stereocenters. The summed E-state index contributed by atoms with van der Waals surface area (Å²) in [7, 11) is 1.60. The Morgan fingerprint density at radius 2 is 1.97 bits per heavy atom. The molecule has 2 heterocycles. The van der Waals surface area contributed by atoms with Gasteiger partial charge in [0.2, 0.25) is 0 Å². The second-order valence-corrected chi connectivity index (χ2v) is 7.96. The third kappa shape index (κ3) is 4.48. The van der Waals surface area contributed by atoms with Crippen LogP contribution in [0.15, 0.2) is 57.3 Å². The van der Waals surface area contributed by atoms with Gasteiger partial charge in [-0.2, -0.15) is 0 Å². The minimum Gasteiger partial charge on any atom is -0.497 e. The van der Waals surface area contributed by atoms with Gasteiger partial charge in [0.1, 0.15) is 21.6 Å². The number of aromatic nitrogens is 2. The van der Waals surface area contributed by atoms with E-state index in [1.807, 2.05) is 30.3 Å². The van der Waals surface area contributed by atoms with Crippen molar-refractivity contribution in [2.24, 2.45) is 0 Å². The zero-order valence-corrected chi connectivity index (χ0v) is 18.8. The van der Waals surface area contributed by atoms with Gasteiger partial charge < -0.3 is 15.2 Å². The molecular formula is C23H17Cl2N3O5. The van der Waals surface area contributed by atoms with Gasteiger partial charge in [0.25, 0.3) is 11.5 Å². The standard InChI is InChI=1S/C23H17Cl2N3O5/c1-33-15-4-2-3-12(10-15)9-13-7-8-28-20(13)27-17-11-14(5-6-16(17)22(28)30)26-21(29)18(24)19(25)23(31)32/h2-6,9-11H,7-8H2,1H3,(H,26,29)(H,31,32)/b13-9+,19-18-. The number of carboxylic acid groups (broad SMARTS) is 1. The largest absolute Gasteiger partial charge is 0.497 e. The van der Waals surface area contributed by atoms with Crippen molar-refractivity contribution in [2.45, 2.75) is 13.0 Å². The van der Waals surface area contributed by atoms with E-state index >= 15 is 0 Å². The van der Waals surface area contributed by atoms with Crippen molar-refractivity contribution >= 4 is 63.3 Å². The molecule has 1 amide bonds. The van der Waals surface area contributed by atoms with Crippen LogP contribution in [0.25, 0.3) is 22.6 Å². The predicted octanol–water partition coefficient (Wildman–Crippen LogP) is 4.06. The Labute approximate surface area is 197 Å². The average Bonchev–Trinajstić information content (AvgIpc) is 3.20. The number of hydrogen-bond donors (Lipinski definition) is 2. The molecule has 33 heavy (non-hydrogen) atoms. The smallest absolute Gasteiger partial charge is 0.349 e. The minimum absolute atomic E-state index is 0.186. The lowest BCUT2D eigenvalue weighted by Crippen LogP contribution is -2.21. The summed E-state index contributed by atoms with van der Waals surface area (Å²) >= 11 is 11.3. The molecule has 1 aliphatic rings. The zero-order chi connectivity index (χ0) is 23.7. The lowest BCUT2D eigenvalue weighted by molar-refractivity contribution is -0.132. The van der Waals surface area contributed by atoms with Gasteiger partial charge in [-0.05, 0) is 54.0 Å². The molecule has 168 valence electrons. The molecule has 10 heteroatoms. The van der Waals surface area contributed by atoms with Crippen molar-refractivity contribution in [2.75, 3.05) is 12.4 Å². The van der Waals surface area contributed by atoms with Crippen molar-refractivity contribution in [3.8, 4) is 5.75 Å². The number of benzene rings is 2. The van der Waals surface area contributed by atoms with E-state index in [1.165, 1.54) is 12.1 Å². The Morgan fingerprint density at radius 3 is 2.70 bits per heavy atom. The van der Waals surface area contributed by atoms with Gasteiger partial charge in [0.05, 0.1) is 18.0 Å². The summed E-state index contributed by atoms with van der Waals surface area (Å²) in [6, 6.07) is 12.1. The fourth-order valence-corrected chi connectivity index (χ4v) is 3.76. The Bertz CT molecular complexity index is 1430. The minimum atomic E-state index is -1.52. The Morgan fingerprint density at radius 1 is 1.18 bits per heavy atom. The van der Waals surface area contributed by atoms with E-state index in [2.05, 4.69) is 10.3 Å². The van der Waals surface area contributed by atoms with Crippen LogP contribution in [0.4, 0.5) is 5.69 Å². The fourth-order valence-electron chi connectivity index (χ4n) is 3.54. The first-order valence-electron chi connectivity index (χ1n) is 9.78. The molecule has 1 aliphatic heterocycles. The molecule has 4 rings (SSSR count). The molecule has 0 aliphatic carbocycles. The molecule has 0 bridgehead atoms. The number of anilines is 1. The number of aliphatic carboxylic acids is 1. The number of hydrogen-bond acceptors (Lipinski definition) is 5. The van der Waals surface area contributed by atoms with E-state index in [0.717, 1.165) is 16.9 Å². The lowest BCUT2D eigenvalue weighted by Gasteiger charge is -2.09. The summed E-state index contributed by atoms with van der Waals surface area (Å²) in [5.74, 6) is -1.14. The van der Waals surface area contributed by atoms with Crippen molar-refractivity contribution < 1.29 is 19.4 Å². The van der Waals surface area contributed by atoms with Crippen LogP contribution in [-0.2, 0) is 16.1 Å². The van der Waals surface area contributed by atoms with Crippen molar-refractivity contribution in [3.05, 3.63) is 74.3 Å². The normalized spacial score (nSPS) is 14.7. The van der Waals surface area contributed by atoms with Crippen LogP contribution in [0.5, 0.6) is 5.75 Å². The predicted molar refractivity (Wildman–Crippen MR) is 126 cm³/mol. The first-order chi connectivity index (χ1) is 15.8. The van der Waals surface area contributed by atoms with E-state index < -0.39 is 21.9 Å². The van der Waals surface area contributed by atoms with Gasteiger partial charge in [-0.1, -0.05) is 35.3 Å². The summed E-state index contributed by atoms with van der Waals surface area (Å²) in [4.78, 5) is 40.8. The number of halogens is 2. The second kappa shape index (κ2) is 9.09. The highest BCUT2D eigenvalue weighted by molar-refractivity contribution is 6.54. The maximum atomic E-state index is 13.0. The van der Waals surface area contributed by atoms with Crippen LogP contribution in [0.1, 0.15) is 17.8 Å². The third-order valence-electron chi connectivity index (χ3n) is 5.12. The van der Waals surface area contributed by atoms with Gasteiger partial charge >= 0.3 is 5.97 Å². The molecule has 0 saturated carbocycles. The van der Waals surface area contributed by atoms with Crippen LogP contribution < -0.4 is 15.6 Å². The number of amides is 1. The van der Waals surface area contributed by atoms with Gasteiger partial charge in [-0.25, -0.2) is 9.78 Å². The highest BCUT2D eigenvalue weighted by Crippen LogP contribution is 2.29. The number of allylic oxidation sites excluding steroid dienone is 1. The summed E-state index contributed by atoms with van der Waals surface area (Å²) in [6.07, 6.45) is 2.61. The number of carbonyl (C=O) groups excluding carboxylic acids is 1. The molecular weight excluding hydrogens is 469 g/mol. The first kappa shape index (κ1) is 22.6. The summed E-state index contributed by atoms with van der Waals surface area (Å²) < 4.78 is 6.89. The topological polar surface area (TPSA) is 111 Å². The summed E-state index contributed by atoms with van der Waals surface area (Å²) in [5, 5.41) is 10.3. The first-order valence-corrected chi connectivity index (χ1v) is 10.5. The van der Waals surface area contributed by atoms with E-state index in [-0.39, 0.29) is 11.2 Å². The summed E-state index contributed by atoms with van der Waals surface area (Å²) in [6.45, 7) is 0.513. The SMILES string of the molecule is COc1cccc(/C=C2\CCn3c2nc2cc(NC(=O)/C(Cl)=C(/Cl)C(=O)O)ccc2c3=O)c1. The lowest BCUT2D eigenvalue weighted by atomic mass is 10.1. The van der Waals surface area contributed by atoms with Crippen LogP contribution in [0.3, 0.4) is 0 Å². The molecule has 2 aromatic carbocycles. The van der Waals surface area contributed by atoms with Gasteiger partial charge in [-0.3, -0.25) is 14.2 Å². The maximum absolute atomic E-state index is 13.0. The van der Waals surface area contributed by atoms with Crippen molar-refractivity contribution in [3.63, 3.8) is 0 Å². The van der Waals surface area contributed by atoms with Crippen molar-refractivity contribution in [1.29, 1.82) is 0 Å². The van der Waals surface area contributed by atoms with Crippen LogP contribution >= 0.6 is 23.2 Å². The molecule has 3 aromatic rings. The van der Waals surface area contributed by atoms with E-state index in [9.17, 15) is 14.4 Å². The third-order valence-corrected chi connectivity index (χ3v) is 5.93. The van der Waals surface area contributed by atoms with Crippen molar-refractivity contribution in [1.82, 2.24) is 9.55 Å². The zero-order valence-electron chi connectivity index (χ0n) is 17.3. The molecule has 2 N–H and O–H groups in total. The highest BCUT2D eigenvalue weighted by atomic mass is 35.5. The van der Waals surface area contributed by atoms with Gasteiger partial charge in [-0.15, -0.1) is 0 Å². The maximum Gasteiger partial charge on any atom is 0.349 e. The number of rotatable bonds is 5. The number of fused-ring (bicyclic) bond motifs is 2. The number of carboxylic acids is 1. The molecule has 0 fully saturated rings. The fraction of sp³-hybridized carbons (Fsp3) is 0.130. The van der Waals surface area contributed by atoms with Gasteiger partial charge in [0, 0.05) is 12.2 Å². The van der Waals surface area contributed by atoms with Crippen LogP contribution in [0, 0.1) is 0 Å². The summed E-state index contributed by atoms with van der Waals surface area (Å²) in [5.41, 5.74) is 2.30. The molecule has 0 radical (unpaired) electrons. The van der Waals surface area contributed by atoms with E-state index in [0.29, 0.717) is 29.7 Å². The molecule has 0 spiro atoms. The Kier molecular flexibility index (Phi) is 6.22. The van der Waals surface area contributed by atoms with Crippen LogP contribution in [0.2, 0.25) is 0 Å². The van der Waals surface area contributed by atoms with E-state index in [4.69, 9.17) is 33.0 Å².